The fourth-order valence-electron chi connectivity index (χ4n) is 2.19. The van der Waals surface area contributed by atoms with Crippen molar-refractivity contribution in [3.8, 4) is 0 Å². The number of hydrogen-bond donors (Lipinski definition) is 2. The third-order valence-electron chi connectivity index (χ3n) is 3.37. The zero-order valence-electron chi connectivity index (χ0n) is 12.4. The molecule has 0 fully saturated rings. The molecular formula is C17H21NO3. The quantitative estimate of drug-likeness (QED) is 0.858. The van der Waals surface area contributed by atoms with Crippen molar-refractivity contribution in [3.63, 3.8) is 0 Å². The van der Waals surface area contributed by atoms with Gasteiger partial charge in [-0.1, -0.05) is 37.3 Å². The van der Waals surface area contributed by atoms with Gasteiger partial charge in [-0.05, 0) is 31.0 Å². The van der Waals surface area contributed by atoms with Gasteiger partial charge in [0.15, 0.2) is 5.76 Å². The average Bonchev–Trinajstić information content (AvgIpc) is 2.97. The van der Waals surface area contributed by atoms with Crippen LogP contribution in [0, 0.1) is 0 Å². The van der Waals surface area contributed by atoms with Crippen LogP contribution >= 0.6 is 0 Å². The first-order valence-electron chi connectivity index (χ1n) is 7.22. The second kappa shape index (κ2) is 7.09. The van der Waals surface area contributed by atoms with E-state index in [9.17, 15) is 9.90 Å². The highest BCUT2D eigenvalue weighted by Gasteiger charge is 2.17. The number of furan rings is 1. The number of nitrogens with one attached hydrogen (secondary N) is 1. The molecule has 0 unspecified atom stereocenters. The second-order valence-corrected chi connectivity index (χ2v) is 5.16. The molecule has 1 heterocycles. The molecule has 1 aromatic carbocycles. The van der Waals surface area contributed by atoms with Crippen molar-refractivity contribution in [2.75, 3.05) is 0 Å². The molecular weight excluding hydrogens is 266 g/mol. The lowest BCUT2D eigenvalue weighted by Crippen LogP contribution is -2.33. The minimum absolute atomic E-state index is 0.150. The van der Waals surface area contributed by atoms with E-state index in [4.69, 9.17) is 4.42 Å². The van der Waals surface area contributed by atoms with Gasteiger partial charge in [0.1, 0.15) is 5.76 Å². The maximum Gasteiger partial charge on any atom is 0.287 e. The topological polar surface area (TPSA) is 62.5 Å². The van der Waals surface area contributed by atoms with E-state index < -0.39 is 6.10 Å². The van der Waals surface area contributed by atoms with E-state index in [-0.39, 0.29) is 11.9 Å². The van der Waals surface area contributed by atoms with E-state index in [0.717, 1.165) is 17.7 Å². The van der Waals surface area contributed by atoms with Gasteiger partial charge in [0.05, 0.1) is 6.10 Å². The summed E-state index contributed by atoms with van der Waals surface area (Å²) >= 11 is 0. The Morgan fingerprint density at radius 3 is 2.57 bits per heavy atom. The third kappa shape index (κ3) is 4.20. The van der Waals surface area contributed by atoms with E-state index in [1.165, 1.54) is 0 Å². The van der Waals surface area contributed by atoms with Crippen LogP contribution in [0.15, 0.2) is 46.9 Å². The van der Waals surface area contributed by atoms with E-state index in [0.29, 0.717) is 12.2 Å². The molecule has 2 N–H and O–H groups in total. The highest BCUT2D eigenvalue weighted by atomic mass is 16.3. The zero-order chi connectivity index (χ0) is 15.2. The highest BCUT2D eigenvalue weighted by Crippen LogP contribution is 2.18. The van der Waals surface area contributed by atoms with Crippen molar-refractivity contribution in [1.29, 1.82) is 0 Å². The van der Waals surface area contributed by atoms with Crippen LogP contribution in [0.2, 0.25) is 0 Å². The number of amides is 1. The molecule has 1 aromatic heterocycles. The number of aliphatic hydroxyl groups is 1. The van der Waals surface area contributed by atoms with E-state index in [1.54, 1.807) is 12.1 Å². The van der Waals surface area contributed by atoms with Crippen molar-refractivity contribution < 1.29 is 14.3 Å². The molecule has 0 saturated carbocycles. The lowest BCUT2D eigenvalue weighted by molar-refractivity contribution is 0.0887. The van der Waals surface area contributed by atoms with Gasteiger partial charge in [-0.2, -0.15) is 0 Å². The molecule has 4 heteroatoms. The second-order valence-electron chi connectivity index (χ2n) is 5.16. The van der Waals surface area contributed by atoms with E-state index in [1.807, 2.05) is 44.2 Å². The van der Waals surface area contributed by atoms with Gasteiger partial charge in [0.25, 0.3) is 5.91 Å². The van der Waals surface area contributed by atoms with Crippen molar-refractivity contribution in [3.05, 3.63) is 59.5 Å². The van der Waals surface area contributed by atoms with Crippen LogP contribution in [0.5, 0.6) is 0 Å². The standard InChI is InChI=1S/C17H21NO3/c1-3-14-9-10-16(21-14)17(20)18-12(2)11-15(19)13-7-5-4-6-8-13/h4-10,12,15,19H,3,11H2,1-2H3,(H,18,20)/t12-,15+/m1/s1. The maximum absolute atomic E-state index is 12.0. The Labute approximate surface area is 124 Å². The number of aryl methyl sites for hydroxylation is 1. The number of benzene rings is 1. The normalized spacial score (nSPS) is 13.7. The molecule has 0 radical (unpaired) electrons. The van der Waals surface area contributed by atoms with Gasteiger partial charge in [-0.15, -0.1) is 0 Å². The van der Waals surface area contributed by atoms with Crippen molar-refractivity contribution in [2.45, 2.75) is 38.8 Å². The molecule has 0 saturated heterocycles. The van der Waals surface area contributed by atoms with Crippen LogP contribution in [-0.4, -0.2) is 17.1 Å². The molecule has 1 amide bonds. The molecule has 4 nitrogen and oxygen atoms in total. The van der Waals surface area contributed by atoms with Gasteiger partial charge >= 0.3 is 0 Å². The van der Waals surface area contributed by atoms with Gasteiger partial charge in [-0.3, -0.25) is 4.79 Å². The molecule has 2 aromatic rings. The summed E-state index contributed by atoms with van der Waals surface area (Å²) in [4.78, 5) is 12.0. The summed E-state index contributed by atoms with van der Waals surface area (Å²) in [5.41, 5.74) is 0.852. The summed E-state index contributed by atoms with van der Waals surface area (Å²) < 4.78 is 5.41. The average molecular weight is 287 g/mol. The van der Waals surface area contributed by atoms with Crippen LogP contribution in [-0.2, 0) is 6.42 Å². The summed E-state index contributed by atoms with van der Waals surface area (Å²) in [6.07, 6.45) is 0.622. The molecule has 0 bridgehead atoms. The SMILES string of the molecule is CCc1ccc(C(=O)N[C@H](C)C[C@H](O)c2ccccc2)o1. The Morgan fingerprint density at radius 1 is 1.24 bits per heavy atom. The smallest absolute Gasteiger partial charge is 0.287 e. The summed E-state index contributed by atoms with van der Waals surface area (Å²) in [5, 5.41) is 13.0. The van der Waals surface area contributed by atoms with E-state index in [2.05, 4.69) is 5.32 Å². The Morgan fingerprint density at radius 2 is 1.95 bits per heavy atom. The molecule has 2 rings (SSSR count). The number of rotatable bonds is 6. The Kier molecular flexibility index (Phi) is 5.17. The molecule has 0 aliphatic carbocycles. The lowest BCUT2D eigenvalue weighted by Gasteiger charge is -2.17. The van der Waals surface area contributed by atoms with E-state index >= 15 is 0 Å². The van der Waals surface area contributed by atoms with Gasteiger partial charge in [0, 0.05) is 12.5 Å². The van der Waals surface area contributed by atoms with Gasteiger partial charge in [-0.25, -0.2) is 0 Å². The largest absolute Gasteiger partial charge is 0.456 e. The summed E-state index contributed by atoms with van der Waals surface area (Å²) in [5.74, 6) is 0.854. The number of carbonyl (C=O) groups excluding carboxylic acids is 1. The summed E-state index contributed by atoms with van der Waals surface area (Å²) in [6.45, 7) is 3.84. The highest BCUT2D eigenvalue weighted by molar-refractivity contribution is 5.91. The molecule has 21 heavy (non-hydrogen) atoms. The molecule has 2 atom stereocenters. The number of aliphatic hydroxyl groups excluding tert-OH is 1. The summed E-state index contributed by atoms with van der Waals surface area (Å²) in [7, 11) is 0. The Balaban J connectivity index is 1.89. The first-order valence-corrected chi connectivity index (χ1v) is 7.22. The maximum atomic E-state index is 12.0. The van der Waals surface area contributed by atoms with Crippen LogP contribution in [0.3, 0.4) is 0 Å². The fraction of sp³-hybridized carbons (Fsp3) is 0.353. The Hall–Kier alpha value is -2.07. The lowest BCUT2D eigenvalue weighted by atomic mass is 10.0. The monoisotopic (exact) mass is 287 g/mol. The minimum atomic E-state index is -0.593. The van der Waals surface area contributed by atoms with Crippen molar-refractivity contribution >= 4 is 5.91 Å². The van der Waals surface area contributed by atoms with Crippen LogP contribution in [0.25, 0.3) is 0 Å². The minimum Gasteiger partial charge on any atom is -0.456 e. The first-order chi connectivity index (χ1) is 10.1. The van der Waals surface area contributed by atoms with Crippen molar-refractivity contribution in [1.82, 2.24) is 5.32 Å². The zero-order valence-corrected chi connectivity index (χ0v) is 12.4. The molecule has 0 aliphatic heterocycles. The molecule has 0 aliphatic rings. The Bertz CT molecular complexity index is 577. The van der Waals surface area contributed by atoms with Crippen LogP contribution in [0.1, 0.15) is 48.3 Å². The molecule has 112 valence electrons. The fourth-order valence-corrected chi connectivity index (χ4v) is 2.19. The number of carbonyl (C=O) groups is 1. The first kappa shape index (κ1) is 15.3. The predicted octanol–water partition coefficient (Wildman–Crippen LogP) is 3.08. The third-order valence-corrected chi connectivity index (χ3v) is 3.37. The number of hydrogen-bond acceptors (Lipinski definition) is 3. The van der Waals surface area contributed by atoms with Gasteiger partial charge in [0.2, 0.25) is 0 Å². The van der Waals surface area contributed by atoms with Crippen molar-refractivity contribution in [2.24, 2.45) is 0 Å². The predicted molar refractivity (Wildman–Crippen MR) is 81.0 cm³/mol. The van der Waals surface area contributed by atoms with Crippen LogP contribution in [0.4, 0.5) is 0 Å². The summed E-state index contributed by atoms with van der Waals surface area (Å²) in [6, 6.07) is 12.8. The van der Waals surface area contributed by atoms with Gasteiger partial charge < -0.3 is 14.8 Å². The van der Waals surface area contributed by atoms with Crippen LogP contribution < -0.4 is 5.32 Å². The molecule has 0 spiro atoms.